The van der Waals surface area contributed by atoms with Crippen molar-refractivity contribution in [3.05, 3.63) is 18.2 Å². The normalized spacial score (nSPS) is 21.4. The van der Waals surface area contributed by atoms with Crippen molar-refractivity contribution in [3.63, 3.8) is 0 Å². The first-order chi connectivity index (χ1) is 10.5. The summed E-state index contributed by atoms with van der Waals surface area (Å²) >= 11 is 0. The van der Waals surface area contributed by atoms with E-state index in [0.29, 0.717) is 36.9 Å². The second kappa shape index (κ2) is 7.35. The molecule has 1 aromatic carbocycles. The Bertz CT molecular complexity index is 511. The topological polar surface area (TPSA) is 60.0 Å². The van der Waals surface area contributed by atoms with Crippen LogP contribution in [0.4, 0.5) is 10.5 Å². The molecule has 2 rings (SSSR count). The van der Waals surface area contributed by atoms with Gasteiger partial charge in [0.15, 0.2) is 11.5 Å². The average Bonchev–Trinajstić information content (AvgIpc) is 2.47. The van der Waals surface area contributed by atoms with Gasteiger partial charge in [0.1, 0.15) is 0 Å². The molecule has 1 aliphatic rings. The SMILES string of the molecule is CCOc1cc(NC(=O)N2CC(C)OC(C)C2)ccc1OC. The number of rotatable bonds is 4. The molecule has 1 fully saturated rings. The molecule has 6 nitrogen and oxygen atoms in total. The molecule has 0 aliphatic carbocycles. The second-order valence-corrected chi connectivity index (χ2v) is 5.39. The minimum Gasteiger partial charge on any atom is -0.493 e. The fourth-order valence-electron chi connectivity index (χ4n) is 2.57. The smallest absolute Gasteiger partial charge is 0.322 e. The number of nitrogens with one attached hydrogen (secondary N) is 1. The second-order valence-electron chi connectivity index (χ2n) is 5.39. The lowest BCUT2D eigenvalue weighted by Gasteiger charge is -2.35. The Labute approximate surface area is 131 Å². The van der Waals surface area contributed by atoms with E-state index in [9.17, 15) is 4.79 Å². The Hall–Kier alpha value is -1.95. The van der Waals surface area contributed by atoms with E-state index in [-0.39, 0.29) is 18.2 Å². The molecule has 0 spiro atoms. The summed E-state index contributed by atoms with van der Waals surface area (Å²) in [4.78, 5) is 14.1. The Morgan fingerprint density at radius 3 is 2.59 bits per heavy atom. The third-order valence-electron chi connectivity index (χ3n) is 3.42. The van der Waals surface area contributed by atoms with E-state index in [1.165, 1.54) is 0 Å². The molecular weight excluding hydrogens is 284 g/mol. The molecule has 22 heavy (non-hydrogen) atoms. The fourth-order valence-corrected chi connectivity index (χ4v) is 2.57. The lowest BCUT2D eigenvalue weighted by molar-refractivity contribution is -0.0530. The van der Waals surface area contributed by atoms with Crippen molar-refractivity contribution < 1.29 is 19.0 Å². The molecule has 0 radical (unpaired) electrons. The third kappa shape index (κ3) is 4.04. The van der Waals surface area contributed by atoms with E-state index < -0.39 is 0 Å². The Morgan fingerprint density at radius 1 is 1.32 bits per heavy atom. The number of morpholine rings is 1. The number of ether oxygens (including phenoxy) is 3. The zero-order chi connectivity index (χ0) is 16.1. The van der Waals surface area contributed by atoms with Gasteiger partial charge in [0.2, 0.25) is 0 Å². The zero-order valence-electron chi connectivity index (χ0n) is 13.6. The van der Waals surface area contributed by atoms with Crippen LogP contribution >= 0.6 is 0 Å². The molecule has 1 aliphatic heterocycles. The van der Waals surface area contributed by atoms with Gasteiger partial charge in [-0.05, 0) is 32.9 Å². The van der Waals surface area contributed by atoms with Gasteiger partial charge in [-0.15, -0.1) is 0 Å². The van der Waals surface area contributed by atoms with Crippen LogP contribution in [-0.4, -0.2) is 49.9 Å². The summed E-state index contributed by atoms with van der Waals surface area (Å²) in [5.74, 6) is 1.26. The van der Waals surface area contributed by atoms with Gasteiger partial charge in [-0.1, -0.05) is 0 Å². The van der Waals surface area contributed by atoms with Crippen LogP contribution in [0.5, 0.6) is 11.5 Å². The molecule has 1 heterocycles. The standard InChI is InChI=1S/C16H24N2O4/c1-5-21-15-8-13(6-7-14(15)20-4)17-16(19)18-9-11(2)22-12(3)10-18/h6-8,11-12H,5,9-10H2,1-4H3,(H,17,19). The van der Waals surface area contributed by atoms with Gasteiger partial charge in [0.25, 0.3) is 0 Å². The molecule has 1 aromatic rings. The number of carbonyl (C=O) groups is 1. The monoisotopic (exact) mass is 308 g/mol. The van der Waals surface area contributed by atoms with Crippen molar-refractivity contribution in [2.24, 2.45) is 0 Å². The van der Waals surface area contributed by atoms with Gasteiger partial charge in [-0.2, -0.15) is 0 Å². The Morgan fingerprint density at radius 2 is 2.00 bits per heavy atom. The molecule has 2 amide bonds. The minimum atomic E-state index is -0.130. The summed E-state index contributed by atoms with van der Waals surface area (Å²) in [5, 5.41) is 2.90. The number of amides is 2. The van der Waals surface area contributed by atoms with Gasteiger partial charge in [-0.25, -0.2) is 4.79 Å². The highest BCUT2D eigenvalue weighted by atomic mass is 16.5. The Balaban J connectivity index is 2.06. The summed E-state index contributed by atoms with van der Waals surface area (Å²) in [5.41, 5.74) is 0.682. The maximum atomic E-state index is 12.4. The molecule has 1 N–H and O–H groups in total. The van der Waals surface area contributed by atoms with Crippen molar-refractivity contribution in [1.29, 1.82) is 0 Å². The predicted octanol–water partition coefficient (Wildman–Crippen LogP) is 2.74. The average molecular weight is 308 g/mol. The molecule has 0 saturated carbocycles. The summed E-state index contributed by atoms with van der Waals surface area (Å²) in [6.45, 7) is 7.55. The maximum absolute atomic E-state index is 12.4. The summed E-state index contributed by atoms with van der Waals surface area (Å²) in [6, 6.07) is 5.22. The number of hydrogen-bond acceptors (Lipinski definition) is 4. The van der Waals surface area contributed by atoms with Gasteiger partial charge in [-0.3, -0.25) is 0 Å². The third-order valence-corrected chi connectivity index (χ3v) is 3.42. The fraction of sp³-hybridized carbons (Fsp3) is 0.562. The summed E-state index contributed by atoms with van der Waals surface area (Å²) < 4.78 is 16.4. The molecule has 1 saturated heterocycles. The van der Waals surface area contributed by atoms with Crippen molar-refractivity contribution >= 4 is 11.7 Å². The van der Waals surface area contributed by atoms with Crippen LogP contribution in [0.2, 0.25) is 0 Å². The number of urea groups is 1. The summed E-state index contributed by atoms with van der Waals surface area (Å²) in [7, 11) is 1.59. The number of methoxy groups -OCH3 is 1. The van der Waals surface area contributed by atoms with Crippen LogP contribution in [0.15, 0.2) is 18.2 Å². The largest absolute Gasteiger partial charge is 0.493 e. The van der Waals surface area contributed by atoms with E-state index >= 15 is 0 Å². The lowest BCUT2D eigenvalue weighted by Crippen LogP contribution is -2.49. The van der Waals surface area contributed by atoms with Crippen LogP contribution in [0.3, 0.4) is 0 Å². The molecule has 6 heteroatoms. The highest BCUT2D eigenvalue weighted by Gasteiger charge is 2.26. The number of nitrogens with zero attached hydrogens (tertiary/aromatic N) is 1. The van der Waals surface area contributed by atoms with Crippen molar-refractivity contribution in [2.45, 2.75) is 33.0 Å². The lowest BCUT2D eigenvalue weighted by atomic mass is 10.2. The van der Waals surface area contributed by atoms with E-state index in [1.54, 1.807) is 30.2 Å². The van der Waals surface area contributed by atoms with Crippen LogP contribution < -0.4 is 14.8 Å². The number of hydrogen-bond donors (Lipinski definition) is 1. The quantitative estimate of drug-likeness (QED) is 0.929. The molecular formula is C16H24N2O4. The molecule has 2 atom stereocenters. The van der Waals surface area contributed by atoms with Crippen molar-refractivity contribution in [1.82, 2.24) is 4.90 Å². The first-order valence-corrected chi connectivity index (χ1v) is 7.55. The molecule has 0 aromatic heterocycles. The van der Waals surface area contributed by atoms with Crippen LogP contribution in [0.25, 0.3) is 0 Å². The molecule has 122 valence electrons. The highest BCUT2D eigenvalue weighted by molar-refractivity contribution is 5.89. The number of benzene rings is 1. The number of carbonyl (C=O) groups excluding carboxylic acids is 1. The van der Waals surface area contributed by atoms with E-state index in [2.05, 4.69) is 5.32 Å². The van der Waals surface area contributed by atoms with Crippen LogP contribution in [-0.2, 0) is 4.74 Å². The van der Waals surface area contributed by atoms with Gasteiger partial charge in [0, 0.05) is 24.8 Å². The highest BCUT2D eigenvalue weighted by Crippen LogP contribution is 2.30. The summed E-state index contributed by atoms with van der Waals surface area (Å²) in [6.07, 6.45) is 0.0914. The first-order valence-electron chi connectivity index (χ1n) is 7.55. The van der Waals surface area contributed by atoms with Crippen molar-refractivity contribution in [3.8, 4) is 11.5 Å². The first kappa shape index (κ1) is 16.4. The van der Waals surface area contributed by atoms with Gasteiger partial charge < -0.3 is 24.4 Å². The molecule has 2 unspecified atom stereocenters. The van der Waals surface area contributed by atoms with E-state index in [1.807, 2.05) is 20.8 Å². The predicted molar refractivity (Wildman–Crippen MR) is 84.8 cm³/mol. The maximum Gasteiger partial charge on any atom is 0.322 e. The Kier molecular flexibility index (Phi) is 5.49. The number of anilines is 1. The van der Waals surface area contributed by atoms with Crippen molar-refractivity contribution in [2.75, 3.05) is 32.1 Å². The zero-order valence-corrected chi connectivity index (χ0v) is 13.6. The van der Waals surface area contributed by atoms with E-state index in [4.69, 9.17) is 14.2 Å². The van der Waals surface area contributed by atoms with Crippen LogP contribution in [0, 0.1) is 0 Å². The van der Waals surface area contributed by atoms with E-state index in [0.717, 1.165) is 0 Å². The van der Waals surface area contributed by atoms with Gasteiger partial charge >= 0.3 is 6.03 Å². The van der Waals surface area contributed by atoms with Crippen LogP contribution in [0.1, 0.15) is 20.8 Å². The van der Waals surface area contributed by atoms with Gasteiger partial charge in [0.05, 0.1) is 25.9 Å². The minimum absolute atomic E-state index is 0.0457. The molecule has 0 bridgehead atoms.